The molecule has 4 nitrogen and oxygen atoms in total. The van der Waals surface area contributed by atoms with Crippen molar-refractivity contribution in [1.29, 1.82) is 0 Å². The van der Waals surface area contributed by atoms with E-state index in [9.17, 15) is 4.79 Å². The fraction of sp³-hybridized carbons (Fsp3) is 0.455. The van der Waals surface area contributed by atoms with Crippen LogP contribution in [0.2, 0.25) is 5.15 Å². The molecule has 1 aromatic heterocycles. The Bertz CT molecular complexity index is 441. The van der Waals surface area contributed by atoms with Crippen molar-refractivity contribution in [2.75, 3.05) is 6.61 Å². The largest absolute Gasteiger partial charge is 0.478 e. The molecule has 0 saturated carbocycles. The van der Waals surface area contributed by atoms with Crippen LogP contribution in [0.15, 0.2) is 17.2 Å². The molecule has 2 unspecified atom stereocenters. The Balaban J connectivity index is 2.24. The molecule has 2 heterocycles. The molecule has 0 bridgehead atoms. The summed E-state index contributed by atoms with van der Waals surface area (Å²) in [6.45, 7) is 2.69. The number of thioether (sulfide) groups is 1. The molecular weight excluding hydrogens is 262 g/mol. The van der Waals surface area contributed by atoms with Gasteiger partial charge in [-0.1, -0.05) is 23.4 Å². The van der Waals surface area contributed by atoms with E-state index >= 15 is 0 Å². The van der Waals surface area contributed by atoms with Gasteiger partial charge in [-0.2, -0.15) is 0 Å². The normalized spacial score (nSPS) is 23.9. The van der Waals surface area contributed by atoms with Gasteiger partial charge in [-0.25, -0.2) is 9.78 Å². The second-order valence-electron chi connectivity index (χ2n) is 3.81. The maximum atomic E-state index is 11.1. The summed E-state index contributed by atoms with van der Waals surface area (Å²) in [4.78, 5) is 15.1. The second kappa shape index (κ2) is 5.25. The van der Waals surface area contributed by atoms with Gasteiger partial charge in [0.1, 0.15) is 10.2 Å². The van der Waals surface area contributed by atoms with Gasteiger partial charge in [0.15, 0.2) is 0 Å². The molecule has 0 amide bonds. The summed E-state index contributed by atoms with van der Waals surface area (Å²) in [5.74, 6) is -0.983. The summed E-state index contributed by atoms with van der Waals surface area (Å²) in [6.07, 6.45) is 1.02. The van der Waals surface area contributed by atoms with Crippen LogP contribution >= 0.6 is 23.4 Å². The minimum absolute atomic E-state index is 0.113. The Hall–Kier alpha value is -0.780. The molecule has 0 aliphatic carbocycles. The highest BCUT2D eigenvalue weighted by molar-refractivity contribution is 8.00. The molecule has 0 aromatic carbocycles. The first-order valence-electron chi connectivity index (χ1n) is 5.26. The first-order valence-corrected chi connectivity index (χ1v) is 6.52. The van der Waals surface area contributed by atoms with Crippen molar-refractivity contribution in [3.8, 4) is 0 Å². The van der Waals surface area contributed by atoms with Gasteiger partial charge in [-0.3, -0.25) is 0 Å². The van der Waals surface area contributed by atoms with Crippen molar-refractivity contribution in [3.63, 3.8) is 0 Å². The zero-order valence-electron chi connectivity index (χ0n) is 9.22. The minimum Gasteiger partial charge on any atom is -0.478 e. The van der Waals surface area contributed by atoms with Gasteiger partial charge in [0.2, 0.25) is 0 Å². The summed E-state index contributed by atoms with van der Waals surface area (Å²) in [5.41, 5.74) is 0.193. The van der Waals surface area contributed by atoms with E-state index in [-0.39, 0.29) is 16.9 Å². The van der Waals surface area contributed by atoms with E-state index in [4.69, 9.17) is 21.4 Å². The van der Waals surface area contributed by atoms with Crippen LogP contribution in [-0.2, 0) is 4.74 Å². The Kier molecular flexibility index (Phi) is 3.91. The molecule has 1 aromatic rings. The van der Waals surface area contributed by atoms with Gasteiger partial charge in [-0.15, -0.1) is 0 Å². The van der Waals surface area contributed by atoms with E-state index < -0.39 is 5.97 Å². The number of halogens is 1. The molecule has 6 heteroatoms. The van der Waals surface area contributed by atoms with Gasteiger partial charge < -0.3 is 9.84 Å². The fourth-order valence-corrected chi connectivity index (χ4v) is 3.08. The average molecular weight is 274 g/mol. The molecule has 1 N–H and O–H groups in total. The monoisotopic (exact) mass is 273 g/mol. The van der Waals surface area contributed by atoms with Crippen molar-refractivity contribution in [1.82, 2.24) is 4.98 Å². The number of carbonyl (C=O) groups is 1. The summed E-state index contributed by atoms with van der Waals surface area (Å²) in [6, 6.07) is 2.98. The van der Waals surface area contributed by atoms with E-state index in [1.54, 1.807) is 0 Å². The Morgan fingerprint density at radius 1 is 1.65 bits per heavy atom. The van der Waals surface area contributed by atoms with Gasteiger partial charge in [-0.05, 0) is 25.5 Å². The van der Waals surface area contributed by atoms with Gasteiger partial charge in [0, 0.05) is 11.9 Å². The summed E-state index contributed by atoms with van der Waals surface area (Å²) < 4.78 is 5.44. The van der Waals surface area contributed by atoms with Crippen LogP contribution in [0.3, 0.4) is 0 Å². The zero-order valence-corrected chi connectivity index (χ0v) is 10.8. The van der Waals surface area contributed by atoms with Crippen LogP contribution < -0.4 is 0 Å². The smallest absolute Gasteiger partial charge is 0.338 e. The Morgan fingerprint density at radius 3 is 3.00 bits per heavy atom. The lowest BCUT2D eigenvalue weighted by molar-refractivity contribution is 0.0692. The first kappa shape index (κ1) is 12.7. The second-order valence-corrected chi connectivity index (χ2v) is 5.43. The number of aromatic carboxylic acids is 1. The summed E-state index contributed by atoms with van der Waals surface area (Å²) >= 11 is 7.22. The minimum atomic E-state index is -0.983. The third-order valence-electron chi connectivity index (χ3n) is 2.63. The topological polar surface area (TPSA) is 59.4 Å². The maximum Gasteiger partial charge on any atom is 0.338 e. The van der Waals surface area contributed by atoms with E-state index in [1.807, 2.05) is 6.92 Å². The van der Waals surface area contributed by atoms with Gasteiger partial charge in [0.25, 0.3) is 0 Å². The zero-order chi connectivity index (χ0) is 12.4. The van der Waals surface area contributed by atoms with E-state index in [2.05, 4.69) is 4.98 Å². The summed E-state index contributed by atoms with van der Waals surface area (Å²) in [7, 11) is 0. The van der Waals surface area contributed by atoms with Crippen LogP contribution in [0.1, 0.15) is 23.7 Å². The highest BCUT2D eigenvalue weighted by Gasteiger charge is 2.27. The standard InChI is InChI=1S/C11H12ClNO3S/c1-6-8(4-5-16-6)17-10-7(11(14)15)2-3-9(12)13-10/h2-3,6,8H,4-5H2,1H3,(H,14,15). The van der Waals surface area contributed by atoms with Crippen LogP contribution in [0, 0.1) is 0 Å². The van der Waals surface area contributed by atoms with Crippen molar-refractivity contribution < 1.29 is 14.6 Å². The van der Waals surface area contributed by atoms with Crippen molar-refractivity contribution >= 4 is 29.3 Å². The van der Waals surface area contributed by atoms with Crippen molar-refractivity contribution in [2.24, 2.45) is 0 Å². The number of hydrogen-bond acceptors (Lipinski definition) is 4. The quantitative estimate of drug-likeness (QED) is 0.858. The molecule has 1 aliphatic heterocycles. The number of carboxylic acid groups (broad SMARTS) is 1. The predicted molar refractivity (Wildman–Crippen MR) is 65.9 cm³/mol. The molecule has 2 rings (SSSR count). The maximum absolute atomic E-state index is 11.1. The highest BCUT2D eigenvalue weighted by atomic mass is 35.5. The third-order valence-corrected chi connectivity index (χ3v) is 4.29. The molecular formula is C11H12ClNO3S. The SMILES string of the molecule is CC1OCCC1Sc1nc(Cl)ccc1C(=O)O. The van der Waals surface area contributed by atoms with Crippen LogP contribution in [0.5, 0.6) is 0 Å². The molecule has 0 radical (unpaired) electrons. The lowest BCUT2D eigenvalue weighted by atomic mass is 10.2. The molecule has 1 fully saturated rings. The summed E-state index contributed by atoms with van der Waals surface area (Å²) in [5, 5.41) is 10.1. The van der Waals surface area contributed by atoms with Crippen LogP contribution in [0.4, 0.5) is 0 Å². The van der Waals surface area contributed by atoms with E-state index in [0.29, 0.717) is 16.8 Å². The lowest BCUT2D eigenvalue weighted by Crippen LogP contribution is -2.14. The fourth-order valence-electron chi connectivity index (χ4n) is 1.68. The molecule has 1 saturated heterocycles. The Morgan fingerprint density at radius 2 is 2.41 bits per heavy atom. The number of ether oxygens (including phenoxy) is 1. The van der Waals surface area contributed by atoms with Gasteiger partial charge in [0.05, 0.1) is 11.7 Å². The van der Waals surface area contributed by atoms with E-state index in [0.717, 1.165) is 6.42 Å². The van der Waals surface area contributed by atoms with E-state index in [1.165, 1.54) is 23.9 Å². The number of rotatable bonds is 3. The highest BCUT2D eigenvalue weighted by Crippen LogP contribution is 2.33. The average Bonchev–Trinajstić information content (AvgIpc) is 2.64. The molecule has 92 valence electrons. The number of pyridine rings is 1. The van der Waals surface area contributed by atoms with Gasteiger partial charge >= 0.3 is 5.97 Å². The first-order chi connectivity index (χ1) is 8.08. The number of nitrogens with zero attached hydrogens (tertiary/aromatic N) is 1. The van der Waals surface area contributed by atoms with Crippen molar-refractivity contribution in [2.45, 2.75) is 29.7 Å². The number of hydrogen-bond donors (Lipinski definition) is 1. The predicted octanol–water partition coefficient (Wildman–Crippen LogP) is 2.70. The Labute approximate surface area is 108 Å². The molecule has 1 aliphatic rings. The number of carboxylic acids is 1. The molecule has 0 spiro atoms. The third kappa shape index (κ3) is 2.91. The van der Waals surface area contributed by atoms with Crippen molar-refractivity contribution in [3.05, 3.63) is 22.8 Å². The van der Waals surface area contributed by atoms with Crippen LogP contribution in [-0.4, -0.2) is 34.0 Å². The number of aromatic nitrogens is 1. The molecule has 2 atom stereocenters. The molecule has 17 heavy (non-hydrogen) atoms. The van der Waals surface area contributed by atoms with Crippen LogP contribution in [0.25, 0.3) is 0 Å². The lowest BCUT2D eigenvalue weighted by Gasteiger charge is -2.14.